The molecule has 1 aromatic heterocycles. The van der Waals surface area contributed by atoms with E-state index in [2.05, 4.69) is 20.7 Å². The number of rotatable bonds is 4. The van der Waals surface area contributed by atoms with Crippen LogP contribution < -0.4 is 5.32 Å². The fourth-order valence-corrected chi connectivity index (χ4v) is 1.51. The highest BCUT2D eigenvalue weighted by Gasteiger charge is 2.08. The summed E-state index contributed by atoms with van der Waals surface area (Å²) in [5, 5.41) is 14.6. The second-order valence-corrected chi connectivity index (χ2v) is 3.96. The molecule has 6 heteroatoms. The summed E-state index contributed by atoms with van der Waals surface area (Å²) in [5.74, 6) is 0.407. The highest BCUT2D eigenvalue weighted by Crippen LogP contribution is 2.13. The van der Waals surface area contributed by atoms with Crippen molar-refractivity contribution in [3.63, 3.8) is 0 Å². The lowest BCUT2D eigenvalue weighted by atomic mass is 10.1. The van der Waals surface area contributed by atoms with Crippen LogP contribution >= 0.6 is 0 Å². The van der Waals surface area contributed by atoms with Gasteiger partial charge in [0, 0.05) is 12.1 Å². The molecule has 6 nitrogen and oxygen atoms in total. The molecule has 1 N–H and O–H groups in total. The lowest BCUT2D eigenvalue weighted by molar-refractivity contribution is -0.121. The van der Waals surface area contributed by atoms with E-state index < -0.39 is 0 Å². The van der Waals surface area contributed by atoms with E-state index in [1.54, 1.807) is 0 Å². The van der Waals surface area contributed by atoms with Gasteiger partial charge in [0.05, 0.1) is 0 Å². The number of tetrazole rings is 1. The Labute approximate surface area is 105 Å². The number of aromatic nitrogens is 4. The first kappa shape index (κ1) is 12.2. The highest BCUT2D eigenvalue weighted by atomic mass is 16.2. The fourth-order valence-electron chi connectivity index (χ4n) is 1.51. The summed E-state index contributed by atoms with van der Waals surface area (Å²) in [7, 11) is 0. The number of nitrogens with zero attached hydrogens (tertiary/aromatic N) is 4. The maximum absolute atomic E-state index is 11.4. The van der Waals surface area contributed by atoms with E-state index in [1.165, 1.54) is 10.4 Å². The van der Waals surface area contributed by atoms with E-state index in [-0.39, 0.29) is 12.5 Å². The van der Waals surface area contributed by atoms with E-state index in [0.717, 1.165) is 5.56 Å². The van der Waals surface area contributed by atoms with E-state index in [9.17, 15) is 4.79 Å². The van der Waals surface area contributed by atoms with Crippen LogP contribution in [-0.4, -0.2) is 32.7 Å². The first-order valence-corrected chi connectivity index (χ1v) is 5.80. The molecule has 0 saturated carbocycles. The number of carbonyl (C=O) groups excluding carboxylic acids is 1. The van der Waals surface area contributed by atoms with Crippen molar-refractivity contribution in [3.8, 4) is 11.4 Å². The number of likely N-dealkylation sites (N-methyl/N-ethyl adjacent to an activating group) is 1. The van der Waals surface area contributed by atoms with Crippen molar-refractivity contribution in [2.24, 2.45) is 0 Å². The average molecular weight is 245 g/mol. The van der Waals surface area contributed by atoms with Crippen LogP contribution in [-0.2, 0) is 11.3 Å². The second-order valence-electron chi connectivity index (χ2n) is 3.96. The summed E-state index contributed by atoms with van der Waals surface area (Å²) in [6, 6.07) is 7.84. The first-order valence-electron chi connectivity index (χ1n) is 5.80. The first-order chi connectivity index (χ1) is 8.69. The van der Waals surface area contributed by atoms with Crippen molar-refractivity contribution in [2.75, 3.05) is 6.54 Å². The zero-order chi connectivity index (χ0) is 13.0. The Morgan fingerprint density at radius 3 is 2.72 bits per heavy atom. The molecule has 2 rings (SSSR count). The number of benzene rings is 1. The molecule has 0 unspecified atom stereocenters. The minimum Gasteiger partial charge on any atom is -0.355 e. The van der Waals surface area contributed by atoms with Crippen LogP contribution in [0.15, 0.2) is 24.3 Å². The largest absolute Gasteiger partial charge is 0.355 e. The molecule has 1 heterocycles. The molecule has 0 aliphatic carbocycles. The maximum atomic E-state index is 11.4. The van der Waals surface area contributed by atoms with Gasteiger partial charge in [-0.1, -0.05) is 29.8 Å². The Morgan fingerprint density at radius 1 is 1.33 bits per heavy atom. The second kappa shape index (κ2) is 5.39. The SMILES string of the molecule is CCNC(=O)Cn1nnc(-c2ccc(C)cc2)n1. The summed E-state index contributed by atoms with van der Waals surface area (Å²) in [5.41, 5.74) is 2.07. The van der Waals surface area contributed by atoms with Gasteiger partial charge in [-0.05, 0) is 19.1 Å². The van der Waals surface area contributed by atoms with Crippen LogP contribution in [0, 0.1) is 6.92 Å². The molecule has 0 aliphatic heterocycles. The Morgan fingerprint density at radius 2 is 2.06 bits per heavy atom. The van der Waals surface area contributed by atoms with Gasteiger partial charge in [0.25, 0.3) is 0 Å². The quantitative estimate of drug-likeness (QED) is 0.864. The molecular weight excluding hydrogens is 230 g/mol. The molecule has 0 saturated heterocycles. The van der Waals surface area contributed by atoms with E-state index in [4.69, 9.17) is 0 Å². The number of nitrogens with one attached hydrogen (secondary N) is 1. The lowest BCUT2D eigenvalue weighted by Gasteiger charge is -1.99. The van der Waals surface area contributed by atoms with Crippen LogP contribution in [0.25, 0.3) is 11.4 Å². The zero-order valence-corrected chi connectivity index (χ0v) is 10.4. The number of hydrogen-bond donors (Lipinski definition) is 1. The molecule has 1 aromatic carbocycles. The predicted molar refractivity (Wildman–Crippen MR) is 66.7 cm³/mol. The van der Waals surface area contributed by atoms with Gasteiger partial charge in [0.1, 0.15) is 6.54 Å². The molecule has 0 spiro atoms. The van der Waals surface area contributed by atoms with Crippen molar-refractivity contribution in [1.29, 1.82) is 0 Å². The molecule has 0 fully saturated rings. The Kier molecular flexibility index (Phi) is 3.66. The smallest absolute Gasteiger partial charge is 0.243 e. The normalized spacial score (nSPS) is 10.3. The summed E-state index contributed by atoms with van der Waals surface area (Å²) in [4.78, 5) is 12.7. The molecule has 1 amide bonds. The van der Waals surface area contributed by atoms with Gasteiger partial charge in [-0.25, -0.2) is 0 Å². The summed E-state index contributed by atoms with van der Waals surface area (Å²) < 4.78 is 0. The molecule has 18 heavy (non-hydrogen) atoms. The van der Waals surface area contributed by atoms with Crippen LogP contribution in [0.1, 0.15) is 12.5 Å². The van der Waals surface area contributed by atoms with Crippen LogP contribution in [0.2, 0.25) is 0 Å². The zero-order valence-electron chi connectivity index (χ0n) is 10.4. The maximum Gasteiger partial charge on any atom is 0.243 e. The van der Waals surface area contributed by atoms with E-state index in [0.29, 0.717) is 12.4 Å². The van der Waals surface area contributed by atoms with Crippen molar-refractivity contribution in [3.05, 3.63) is 29.8 Å². The molecule has 2 aromatic rings. The standard InChI is InChI=1S/C12H15N5O/c1-3-13-11(18)8-17-15-12(14-16-17)10-6-4-9(2)5-7-10/h4-7H,3,8H2,1-2H3,(H,13,18). The van der Waals surface area contributed by atoms with E-state index in [1.807, 2.05) is 38.1 Å². The monoisotopic (exact) mass is 245 g/mol. The fraction of sp³-hybridized carbons (Fsp3) is 0.333. The minimum absolute atomic E-state index is 0.0900. The summed E-state index contributed by atoms with van der Waals surface area (Å²) in [6.07, 6.45) is 0. The minimum atomic E-state index is -0.120. The Hall–Kier alpha value is -2.24. The average Bonchev–Trinajstić information content (AvgIpc) is 2.78. The van der Waals surface area contributed by atoms with Crippen LogP contribution in [0.3, 0.4) is 0 Å². The topological polar surface area (TPSA) is 72.7 Å². The third-order valence-corrected chi connectivity index (χ3v) is 2.42. The van der Waals surface area contributed by atoms with Crippen molar-refractivity contribution in [1.82, 2.24) is 25.5 Å². The van der Waals surface area contributed by atoms with Gasteiger partial charge in [0.15, 0.2) is 0 Å². The Bertz CT molecular complexity index is 532. The summed E-state index contributed by atoms with van der Waals surface area (Å²) >= 11 is 0. The Balaban J connectivity index is 2.10. The lowest BCUT2D eigenvalue weighted by Crippen LogP contribution is -2.28. The van der Waals surface area contributed by atoms with Crippen molar-refractivity contribution < 1.29 is 4.79 Å². The molecule has 0 atom stereocenters. The van der Waals surface area contributed by atoms with Gasteiger partial charge in [-0.15, -0.1) is 10.2 Å². The third-order valence-electron chi connectivity index (χ3n) is 2.42. The van der Waals surface area contributed by atoms with Gasteiger partial charge in [0.2, 0.25) is 11.7 Å². The van der Waals surface area contributed by atoms with Crippen LogP contribution in [0.5, 0.6) is 0 Å². The molecule has 0 radical (unpaired) electrons. The molecule has 94 valence electrons. The highest BCUT2D eigenvalue weighted by molar-refractivity contribution is 5.75. The van der Waals surface area contributed by atoms with Crippen molar-refractivity contribution >= 4 is 5.91 Å². The number of hydrogen-bond acceptors (Lipinski definition) is 4. The van der Waals surface area contributed by atoms with Crippen LogP contribution in [0.4, 0.5) is 0 Å². The van der Waals surface area contributed by atoms with Gasteiger partial charge in [-0.2, -0.15) is 4.80 Å². The van der Waals surface area contributed by atoms with Gasteiger partial charge >= 0.3 is 0 Å². The van der Waals surface area contributed by atoms with E-state index >= 15 is 0 Å². The third kappa shape index (κ3) is 2.91. The number of aryl methyl sites for hydroxylation is 1. The summed E-state index contributed by atoms with van der Waals surface area (Å²) in [6.45, 7) is 4.57. The molecule has 0 aliphatic rings. The van der Waals surface area contributed by atoms with Gasteiger partial charge < -0.3 is 5.32 Å². The van der Waals surface area contributed by atoms with Crippen molar-refractivity contribution in [2.45, 2.75) is 20.4 Å². The number of amides is 1. The predicted octanol–water partition coefficient (Wildman–Crippen LogP) is 0.785. The molecule has 0 bridgehead atoms. The van der Waals surface area contributed by atoms with Gasteiger partial charge in [-0.3, -0.25) is 4.79 Å². The molecular formula is C12H15N5O. The number of carbonyl (C=O) groups is 1.